The van der Waals surface area contributed by atoms with Crippen LogP contribution in [-0.4, -0.2) is 35.4 Å². The molecule has 0 radical (unpaired) electrons. The third-order valence-electron chi connectivity index (χ3n) is 8.77. The van der Waals surface area contributed by atoms with E-state index in [2.05, 4.69) is 47.0 Å². The van der Waals surface area contributed by atoms with Crippen molar-refractivity contribution in [2.24, 2.45) is 4.99 Å². The Balaban J connectivity index is 1.50. The quantitative estimate of drug-likeness (QED) is 0.140. The number of allylic oxidation sites excluding steroid dienone is 1. The van der Waals surface area contributed by atoms with E-state index in [-0.39, 0.29) is 12.2 Å². The maximum Gasteiger partial charge on any atom is 0.338 e. The Morgan fingerprint density at radius 1 is 0.843 bits per heavy atom. The zero-order valence-corrected chi connectivity index (χ0v) is 29.6. The molecule has 256 valence electrons. The van der Waals surface area contributed by atoms with Gasteiger partial charge in [-0.15, -0.1) is 0 Å². The number of ether oxygens (including phenoxy) is 3. The van der Waals surface area contributed by atoms with Crippen molar-refractivity contribution in [3.63, 3.8) is 0 Å². The normalized spacial score (nSPS) is 14.2. The van der Waals surface area contributed by atoms with E-state index in [0.717, 1.165) is 33.8 Å². The van der Waals surface area contributed by atoms with Gasteiger partial charge < -0.3 is 18.8 Å². The van der Waals surface area contributed by atoms with Gasteiger partial charge >= 0.3 is 5.97 Å². The van der Waals surface area contributed by atoms with Crippen molar-refractivity contribution < 1.29 is 19.0 Å². The van der Waals surface area contributed by atoms with E-state index in [9.17, 15) is 9.59 Å². The lowest BCUT2D eigenvalue weighted by atomic mass is 9.95. The summed E-state index contributed by atoms with van der Waals surface area (Å²) in [7, 11) is 1.58. The van der Waals surface area contributed by atoms with E-state index in [0.29, 0.717) is 44.3 Å². The number of nitrogens with zero attached hydrogens (tertiary/aromatic N) is 3. The van der Waals surface area contributed by atoms with Crippen LogP contribution >= 0.6 is 11.3 Å². The van der Waals surface area contributed by atoms with Gasteiger partial charge in [0.25, 0.3) is 5.56 Å². The number of carbonyl (C=O) groups is 1. The Morgan fingerprint density at radius 2 is 1.51 bits per heavy atom. The van der Waals surface area contributed by atoms with Crippen LogP contribution in [0, 0.1) is 0 Å². The smallest absolute Gasteiger partial charge is 0.338 e. The predicted octanol–water partition coefficient (Wildman–Crippen LogP) is 7.33. The molecule has 3 heterocycles. The third-order valence-corrected chi connectivity index (χ3v) is 9.75. The summed E-state index contributed by atoms with van der Waals surface area (Å²) >= 11 is 1.30. The van der Waals surface area contributed by atoms with Crippen LogP contribution in [0.15, 0.2) is 136 Å². The number of fused-ring (bicyclic) bond motifs is 1. The molecule has 0 unspecified atom stereocenters. The fraction of sp³-hybridized carbons (Fsp3) is 0.167. The summed E-state index contributed by atoms with van der Waals surface area (Å²) in [6, 6.07) is 37.4. The molecule has 4 aromatic carbocycles. The van der Waals surface area contributed by atoms with Crippen molar-refractivity contribution in [1.29, 1.82) is 0 Å². The largest absolute Gasteiger partial charge is 0.493 e. The lowest BCUT2D eigenvalue weighted by molar-refractivity contribution is -0.139. The second kappa shape index (κ2) is 14.5. The van der Waals surface area contributed by atoms with Crippen LogP contribution in [0.3, 0.4) is 0 Å². The van der Waals surface area contributed by atoms with Crippen molar-refractivity contribution in [2.75, 3.05) is 20.3 Å². The molecule has 0 spiro atoms. The van der Waals surface area contributed by atoms with Crippen molar-refractivity contribution in [3.8, 4) is 39.7 Å². The maximum atomic E-state index is 14.7. The molecule has 0 saturated carbocycles. The molecule has 0 fully saturated rings. The zero-order chi connectivity index (χ0) is 35.5. The summed E-state index contributed by atoms with van der Waals surface area (Å²) in [5.41, 5.74) is 7.05. The highest BCUT2D eigenvalue weighted by atomic mass is 32.1. The van der Waals surface area contributed by atoms with Gasteiger partial charge in [0.2, 0.25) is 0 Å². The van der Waals surface area contributed by atoms with Gasteiger partial charge in [0, 0.05) is 11.3 Å². The van der Waals surface area contributed by atoms with E-state index in [4.69, 9.17) is 19.2 Å². The molecule has 1 aliphatic heterocycles. The van der Waals surface area contributed by atoms with Gasteiger partial charge in [-0.1, -0.05) is 96.3 Å². The molecule has 9 heteroatoms. The maximum absolute atomic E-state index is 14.7. The minimum atomic E-state index is -0.796. The van der Waals surface area contributed by atoms with Gasteiger partial charge in [-0.2, -0.15) is 0 Å². The highest BCUT2D eigenvalue weighted by molar-refractivity contribution is 7.07. The second-order valence-corrected chi connectivity index (χ2v) is 12.9. The topological polar surface area (TPSA) is 84.1 Å². The second-order valence-electron chi connectivity index (χ2n) is 11.9. The zero-order valence-electron chi connectivity index (χ0n) is 28.8. The fourth-order valence-electron chi connectivity index (χ4n) is 6.58. The molecule has 2 aromatic heterocycles. The number of thiazole rings is 1. The lowest BCUT2D eigenvalue weighted by Gasteiger charge is -2.25. The number of hydrogen-bond acceptors (Lipinski definition) is 7. The first kappa shape index (κ1) is 33.6. The first-order chi connectivity index (χ1) is 24.9. The summed E-state index contributed by atoms with van der Waals surface area (Å²) in [6.07, 6.45) is 1.94. The Morgan fingerprint density at radius 3 is 2.16 bits per heavy atom. The minimum absolute atomic E-state index is 0.185. The molecule has 6 aromatic rings. The third kappa shape index (κ3) is 6.32. The average molecular weight is 696 g/mol. The molecule has 51 heavy (non-hydrogen) atoms. The predicted molar refractivity (Wildman–Crippen MR) is 201 cm³/mol. The van der Waals surface area contributed by atoms with E-state index in [1.807, 2.05) is 79.7 Å². The number of benzene rings is 4. The molecule has 0 aliphatic carbocycles. The Hall–Kier alpha value is -5.93. The summed E-state index contributed by atoms with van der Waals surface area (Å²) in [5, 5.41) is 0. The number of rotatable bonds is 10. The molecule has 0 N–H and O–H groups in total. The summed E-state index contributed by atoms with van der Waals surface area (Å²) in [4.78, 5) is 33.5. The van der Waals surface area contributed by atoms with Gasteiger partial charge in [0.1, 0.15) is 0 Å². The summed E-state index contributed by atoms with van der Waals surface area (Å²) < 4.78 is 21.3. The van der Waals surface area contributed by atoms with Crippen LogP contribution in [0.4, 0.5) is 0 Å². The Kier molecular flexibility index (Phi) is 9.55. The first-order valence-corrected chi connectivity index (χ1v) is 17.7. The van der Waals surface area contributed by atoms with Crippen molar-refractivity contribution in [2.45, 2.75) is 26.8 Å². The standard InChI is InChI=1S/C42H37N3O5S/c1-5-49-35-25-30(22-23-34(35)48-4)39-37(41(47)50-6-2)27(3)43-42-45(39)40(46)36(51-42)26-31-24-33(28-16-10-7-11-17-28)44(32-20-14-9-15-21-32)38(31)29-18-12-8-13-19-29/h7-26,39H,5-6H2,1-4H3/b36-26-/t39-/m0/s1. The van der Waals surface area contributed by atoms with Crippen LogP contribution < -0.4 is 24.4 Å². The SMILES string of the molecule is CCOC(=O)C1=C(C)N=c2s/c(=C\c3cc(-c4ccccc4)n(-c4ccccc4)c3-c3ccccc3)c(=O)n2[C@H]1c1ccc(OC)c(OCC)c1. The van der Waals surface area contributed by atoms with Crippen molar-refractivity contribution in [1.82, 2.24) is 9.13 Å². The monoisotopic (exact) mass is 695 g/mol. The van der Waals surface area contributed by atoms with Gasteiger partial charge in [-0.05, 0) is 73.9 Å². The molecule has 1 atom stereocenters. The number of hydrogen-bond donors (Lipinski definition) is 0. The number of carbonyl (C=O) groups excluding carboxylic acids is 1. The van der Waals surface area contributed by atoms with Gasteiger partial charge in [-0.3, -0.25) is 9.36 Å². The summed E-state index contributed by atoms with van der Waals surface area (Å²) in [6.45, 7) is 6.03. The van der Waals surface area contributed by atoms with E-state index >= 15 is 0 Å². The highest BCUT2D eigenvalue weighted by Crippen LogP contribution is 2.38. The number of para-hydroxylation sites is 1. The molecular weight excluding hydrogens is 659 g/mol. The first-order valence-electron chi connectivity index (χ1n) is 16.9. The van der Waals surface area contributed by atoms with Crippen LogP contribution in [-0.2, 0) is 9.53 Å². The number of aromatic nitrogens is 2. The highest BCUT2D eigenvalue weighted by Gasteiger charge is 2.34. The molecule has 8 nitrogen and oxygen atoms in total. The number of methoxy groups -OCH3 is 1. The lowest BCUT2D eigenvalue weighted by Crippen LogP contribution is -2.40. The molecule has 1 aliphatic rings. The molecule has 0 bridgehead atoms. The Labute approximate surface area is 299 Å². The fourth-order valence-corrected chi connectivity index (χ4v) is 7.62. The van der Waals surface area contributed by atoms with Crippen LogP contribution in [0.25, 0.3) is 34.3 Å². The van der Waals surface area contributed by atoms with Gasteiger partial charge in [0.05, 0.1) is 53.6 Å². The van der Waals surface area contributed by atoms with Crippen LogP contribution in [0.1, 0.15) is 37.9 Å². The minimum Gasteiger partial charge on any atom is -0.493 e. The molecular formula is C42H37N3O5S. The van der Waals surface area contributed by atoms with Crippen molar-refractivity contribution in [3.05, 3.63) is 157 Å². The van der Waals surface area contributed by atoms with Crippen molar-refractivity contribution >= 4 is 23.4 Å². The average Bonchev–Trinajstić information content (AvgIpc) is 3.69. The molecule has 0 amide bonds. The van der Waals surface area contributed by atoms with Gasteiger partial charge in [-0.25, -0.2) is 9.79 Å². The van der Waals surface area contributed by atoms with E-state index in [1.54, 1.807) is 31.6 Å². The molecule has 0 saturated heterocycles. The van der Waals surface area contributed by atoms with Gasteiger partial charge in [0.15, 0.2) is 16.3 Å². The number of esters is 1. The van der Waals surface area contributed by atoms with Crippen LogP contribution in [0.2, 0.25) is 0 Å². The molecule has 7 rings (SSSR count). The van der Waals surface area contributed by atoms with E-state index < -0.39 is 12.0 Å². The Bertz CT molecular complexity index is 2430. The van der Waals surface area contributed by atoms with Crippen LogP contribution in [0.5, 0.6) is 11.5 Å². The van der Waals surface area contributed by atoms with E-state index in [1.165, 1.54) is 11.3 Å². The summed E-state index contributed by atoms with van der Waals surface area (Å²) in [5.74, 6) is 0.545.